The molecule has 1 N–H and O–H groups in total. The summed E-state index contributed by atoms with van der Waals surface area (Å²) in [5, 5.41) is 3.67. The number of aromatic nitrogens is 1. The summed E-state index contributed by atoms with van der Waals surface area (Å²) in [4.78, 5) is 0. The number of hydrogen-bond donors (Lipinski definition) is 1. The van der Waals surface area contributed by atoms with Gasteiger partial charge < -0.3 is 9.88 Å². The molecule has 1 aromatic rings. The van der Waals surface area contributed by atoms with Crippen molar-refractivity contribution in [2.45, 2.75) is 46.2 Å². The van der Waals surface area contributed by atoms with Gasteiger partial charge in [0.2, 0.25) is 0 Å². The van der Waals surface area contributed by atoms with Gasteiger partial charge in [0.05, 0.1) is 11.6 Å². The summed E-state index contributed by atoms with van der Waals surface area (Å²) in [5.74, 6) is 0. The number of hydrogen-bond acceptors (Lipinski definition) is 1. The molecule has 15 heavy (non-hydrogen) atoms. The third kappa shape index (κ3) is 1.71. The molecular formula is C13H22N2. The maximum atomic E-state index is 3.67. The Morgan fingerprint density at radius 3 is 2.67 bits per heavy atom. The van der Waals surface area contributed by atoms with Crippen LogP contribution < -0.4 is 5.32 Å². The van der Waals surface area contributed by atoms with Gasteiger partial charge in [-0.05, 0) is 31.4 Å². The molecule has 1 aromatic heterocycles. The van der Waals surface area contributed by atoms with Crippen LogP contribution in [-0.4, -0.2) is 11.1 Å². The summed E-state index contributed by atoms with van der Waals surface area (Å²) in [7, 11) is 0. The molecule has 0 saturated heterocycles. The number of nitrogens with zero attached hydrogens (tertiary/aromatic N) is 1. The van der Waals surface area contributed by atoms with Crippen LogP contribution in [0.25, 0.3) is 0 Å². The van der Waals surface area contributed by atoms with E-state index in [0.29, 0.717) is 6.04 Å². The molecule has 0 saturated carbocycles. The molecule has 2 nitrogen and oxygen atoms in total. The van der Waals surface area contributed by atoms with Gasteiger partial charge in [0.25, 0.3) is 0 Å². The predicted octanol–water partition coefficient (Wildman–Crippen LogP) is 2.91. The van der Waals surface area contributed by atoms with Crippen LogP contribution in [0.3, 0.4) is 0 Å². The maximum absolute atomic E-state index is 3.67. The van der Waals surface area contributed by atoms with Gasteiger partial charge in [0, 0.05) is 18.4 Å². The van der Waals surface area contributed by atoms with E-state index in [1.54, 1.807) is 0 Å². The molecule has 0 amide bonds. The number of rotatable bonds is 0. The molecule has 2 heteroatoms. The van der Waals surface area contributed by atoms with Crippen molar-refractivity contribution < 1.29 is 0 Å². The zero-order valence-corrected chi connectivity index (χ0v) is 10.5. The van der Waals surface area contributed by atoms with Crippen molar-refractivity contribution in [2.24, 2.45) is 5.41 Å². The van der Waals surface area contributed by atoms with E-state index in [2.05, 4.69) is 62.8 Å². The molecule has 2 heterocycles. The van der Waals surface area contributed by atoms with Gasteiger partial charge >= 0.3 is 0 Å². The molecule has 1 atom stereocenters. The average Bonchev–Trinajstić information content (AvgIpc) is 2.50. The normalized spacial score (nSPS) is 25.0. The van der Waals surface area contributed by atoms with Crippen LogP contribution >= 0.6 is 0 Å². The highest BCUT2D eigenvalue weighted by atomic mass is 15.2. The van der Waals surface area contributed by atoms with Crippen molar-refractivity contribution in [3.63, 3.8) is 0 Å². The summed E-state index contributed by atoms with van der Waals surface area (Å²) >= 11 is 0. The minimum atomic E-state index is 0.195. The van der Waals surface area contributed by atoms with E-state index in [0.717, 1.165) is 6.54 Å². The molecule has 2 rings (SSSR count). The molecule has 0 fully saturated rings. The Morgan fingerprint density at radius 2 is 2.07 bits per heavy atom. The van der Waals surface area contributed by atoms with Gasteiger partial charge in [0.15, 0.2) is 0 Å². The lowest BCUT2D eigenvalue weighted by molar-refractivity contribution is 0.180. The van der Waals surface area contributed by atoms with Gasteiger partial charge in [0.1, 0.15) is 0 Å². The van der Waals surface area contributed by atoms with Crippen molar-refractivity contribution in [1.82, 2.24) is 9.88 Å². The topological polar surface area (TPSA) is 17.0 Å². The third-order valence-corrected chi connectivity index (χ3v) is 3.33. The van der Waals surface area contributed by atoms with Crippen molar-refractivity contribution in [2.75, 3.05) is 6.54 Å². The smallest absolute Gasteiger partial charge is 0.0525 e. The van der Waals surface area contributed by atoms with Gasteiger partial charge in [-0.25, -0.2) is 0 Å². The highest BCUT2D eigenvalue weighted by Gasteiger charge is 2.36. The van der Waals surface area contributed by atoms with Crippen LogP contribution in [-0.2, 0) is 5.54 Å². The van der Waals surface area contributed by atoms with Crippen LogP contribution in [0.5, 0.6) is 0 Å². The summed E-state index contributed by atoms with van der Waals surface area (Å²) in [6.07, 6.45) is 2.20. The Hall–Kier alpha value is -0.760. The highest BCUT2D eigenvalue weighted by Crippen LogP contribution is 2.38. The first-order valence-corrected chi connectivity index (χ1v) is 5.73. The van der Waals surface area contributed by atoms with E-state index >= 15 is 0 Å². The Labute approximate surface area is 92.7 Å². The third-order valence-electron chi connectivity index (χ3n) is 3.33. The molecule has 1 aliphatic heterocycles. The summed E-state index contributed by atoms with van der Waals surface area (Å²) in [6.45, 7) is 12.5. The average molecular weight is 206 g/mol. The van der Waals surface area contributed by atoms with E-state index in [1.807, 2.05) is 0 Å². The minimum absolute atomic E-state index is 0.195. The van der Waals surface area contributed by atoms with Gasteiger partial charge in [-0.3, -0.25) is 0 Å². The Bertz CT molecular complexity index is 355. The second-order valence-corrected chi connectivity index (χ2v) is 6.30. The first kappa shape index (κ1) is 10.7. The number of nitrogens with one attached hydrogen (secondary N) is 1. The van der Waals surface area contributed by atoms with Gasteiger partial charge in [-0.15, -0.1) is 0 Å². The standard InChI is InChI=1S/C13H22N2/c1-12(2,3)11-10-7-6-8-15(10)13(4,5)9-14-11/h6-8,11,14H,9H2,1-5H3/t11-/m0/s1. The lowest BCUT2D eigenvalue weighted by Crippen LogP contribution is -2.49. The molecule has 0 bridgehead atoms. The lowest BCUT2D eigenvalue weighted by Gasteiger charge is -2.43. The van der Waals surface area contributed by atoms with E-state index in [1.165, 1.54) is 5.69 Å². The van der Waals surface area contributed by atoms with E-state index in [-0.39, 0.29) is 11.0 Å². The highest BCUT2D eigenvalue weighted by molar-refractivity contribution is 5.20. The van der Waals surface area contributed by atoms with Crippen molar-refractivity contribution >= 4 is 0 Å². The first-order valence-electron chi connectivity index (χ1n) is 5.73. The van der Waals surface area contributed by atoms with Crippen LogP contribution in [0.2, 0.25) is 0 Å². The Morgan fingerprint density at radius 1 is 1.40 bits per heavy atom. The second-order valence-electron chi connectivity index (χ2n) is 6.30. The van der Waals surface area contributed by atoms with Crippen LogP contribution in [0.4, 0.5) is 0 Å². The molecule has 1 aliphatic rings. The van der Waals surface area contributed by atoms with Crippen LogP contribution in [0.1, 0.15) is 46.4 Å². The summed E-state index contributed by atoms with van der Waals surface area (Å²) in [5.41, 5.74) is 1.88. The fraction of sp³-hybridized carbons (Fsp3) is 0.692. The Kier molecular flexibility index (Phi) is 2.23. The molecule has 0 unspecified atom stereocenters. The first-order chi connectivity index (χ1) is 6.82. The van der Waals surface area contributed by atoms with E-state index in [9.17, 15) is 0 Å². The lowest BCUT2D eigenvalue weighted by atomic mass is 9.82. The molecule has 0 aliphatic carbocycles. The maximum Gasteiger partial charge on any atom is 0.0525 e. The zero-order chi connectivity index (χ0) is 11.3. The fourth-order valence-corrected chi connectivity index (χ4v) is 2.47. The molecule has 0 aromatic carbocycles. The largest absolute Gasteiger partial charge is 0.343 e. The summed E-state index contributed by atoms with van der Waals surface area (Å²) in [6, 6.07) is 4.85. The Balaban J connectivity index is 2.45. The monoisotopic (exact) mass is 206 g/mol. The van der Waals surface area contributed by atoms with Crippen LogP contribution in [0, 0.1) is 5.41 Å². The van der Waals surface area contributed by atoms with Crippen molar-refractivity contribution in [3.05, 3.63) is 24.0 Å². The summed E-state index contributed by atoms with van der Waals surface area (Å²) < 4.78 is 2.42. The van der Waals surface area contributed by atoms with Gasteiger partial charge in [-0.1, -0.05) is 20.8 Å². The van der Waals surface area contributed by atoms with Crippen molar-refractivity contribution in [1.29, 1.82) is 0 Å². The molecule has 0 radical (unpaired) electrons. The molecular weight excluding hydrogens is 184 g/mol. The zero-order valence-electron chi connectivity index (χ0n) is 10.5. The predicted molar refractivity (Wildman–Crippen MR) is 64.0 cm³/mol. The molecule has 0 spiro atoms. The quantitative estimate of drug-likeness (QED) is 0.690. The van der Waals surface area contributed by atoms with Crippen LogP contribution in [0.15, 0.2) is 18.3 Å². The minimum Gasteiger partial charge on any atom is -0.343 e. The SMILES string of the molecule is CC(C)(C)[C@H]1NCC(C)(C)n2cccc21. The second kappa shape index (κ2) is 3.11. The van der Waals surface area contributed by atoms with Gasteiger partial charge in [-0.2, -0.15) is 0 Å². The van der Waals surface area contributed by atoms with Crippen molar-refractivity contribution in [3.8, 4) is 0 Å². The fourth-order valence-electron chi connectivity index (χ4n) is 2.47. The van der Waals surface area contributed by atoms with E-state index in [4.69, 9.17) is 0 Å². The van der Waals surface area contributed by atoms with E-state index < -0.39 is 0 Å². The molecule has 84 valence electrons. The number of fused-ring (bicyclic) bond motifs is 1.